The highest BCUT2D eigenvalue weighted by atomic mass is 32.2. The van der Waals surface area contributed by atoms with E-state index in [4.69, 9.17) is 0 Å². The lowest BCUT2D eigenvalue weighted by molar-refractivity contribution is 0.582. The predicted molar refractivity (Wildman–Crippen MR) is 106 cm³/mol. The molecule has 0 spiro atoms. The van der Waals surface area contributed by atoms with Crippen molar-refractivity contribution in [3.8, 4) is 10.6 Å². The van der Waals surface area contributed by atoms with Gasteiger partial charge in [-0.1, -0.05) is 42.5 Å². The summed E-state index contributed by atoms with van der Waals surface area (Å²) in [6, 6.07) is 20.5. The third kappa shape index (κ3) is 3.39. The number of nitrogens with zero attached hydrogens (tertiary/aromatic N) is 1. The van der Waals surface area contributed by atoms with Crippen molar-refractivity contribution >= 4 is 32.1 Å². The average Bonchev–Trinajstić information content (AvgIpc) is 3.21. The fourth-order valence-corrected chi connectivity index (χ4v) is 4.77. The molecule has 0 fully saturated rings. The van der Waals surface area contributed by atoms with Crippen LogP contribution in [0.1, 0.15) is 5.56 Å². The van der Waals surface area contributed by atoms with Crippen molar-refractivity contribution in [2.45, 2.75) is 11.4 Å². The lowest BCUT2D eigenvalue weighted by atomic mass is 10.1. The van der Waals surface area contributed by atoms with Crippen LogP contribution in [0.3, 0.4) is 0 Å². The molecule has 4 aromatic rings. The van der Waals surface area contributed by atoms with Crippen molar-refractivity contribution in [2.75, 3.05) is 0 Å². The molecule has 0 unspecified atom stereocenters. The van der Waals surface area contributed by atoms with Crippen LogP contribution in [0.5, 0.6) is 0 Å². The largest absolute Gasteiger partial charge is 0.255 e. The molecule has 2 aromatic heterocycles. The molecule has 1 N–H and O–H groups in total. The van der Waals surface area contributed by atoms with Crippen molar-refractivity contribution in [3.63, 3.8) is 0 Å². The Bertz CT molecular complexity index is 1150. The number of nitrogens with one attached hydrogen (secondary N) is 1. The Hall–Kier alpha value is -2.54. The molecular weight excluding hydrogens is 364 g/mol. The second-order valence-electron chi connectivity index (χ2n) is 5.83. The number of rotatable bonds is 5. The van der Waals surface area contributed by atoms with Crippen molar-refractivity contribution in [1.29, 1.82) is 0 Å². The van der Waals surface area contributed by atoms with Gasteiger partial charge in [0, 0.05) is 18.1 Å². The molecule has 0 radical (unpaired) electrons. The highest BCUT2D eigenvalue weighted by Crippen LogP contribution is 2.24. The summed E-state index contributed by atoms with van der Waals surface area (Å²) >= 11 is 1.61. The van der Waals surface area contributed by atoms with Crippen molar-refractivity contribution < 1.29 is 8.42 Å². The SMILES string of the molecule is O=S(=O)(NCc1ccnc(-c2cccs2)c1)c1cccc2ccccc12. The normalized spacial score (nSPS) is 11.7. The van der Waals surface area contributed by atoms with Gasteiger partial charge in [0.25, 0.3) is 0 Å². The summed E-state index contributed by atoms with van der Waals surface area (Å²) in [4.78, 5) is 5.71. The van der Waals surface area contributed by atoms with Gasteiger partial charge in [-0.2, -0.15) is 0 Å². The lowest BCUT2D eigenvalue weighted by Crippen LogP contribution is -2.23. The van der Waals surface area contributed by atoms with E-state index < -0.39 is 10.0 Å². The minimum Gasteiger partial charge on any atom is -0.255 e. The molecule has 2 aromatic carbocycles. The van der Waals surface area contributed by atoms with Crippen LogP contribution in [0.25, 0.3) is 21.3 Å². The van der Waals surface area contributed by atoms with E-state index in [0.717, 1.165) is 26.9 Å². The summed E-state index contributed by atoms with van der Waals surface area (Å²) in [6.45, 7) is 0.215. The molecule has 0 saturated carbocycles. The van der Waals surface area contributed by atoms with E-state index in [-0.39, 0.29) is 6.54 Å². The van der Waals surface area contributed by atoms with Gasteiger partial charge in [-0.25, -0.2) is 13.1 Å². The number of aromatic nitrogens is 1. The molecule has 0 bridgehead atoms. The highest BCUT2D eigenvalue weighted by Gasteiger charge is 2.17. The molecule has 0 aliphatic heterocycles. The first kappa shape index (κ1) is 16.9. The Kier molecular flexibility index (Phi) is 4.55. The van der Waals surface area contributed by atoms with Crippen LogP contribution in [0.4, 0.5) is 0 Å². The molecule has 0 aliphatic rings. The minimum absolute atomic E-state index is 0.215. The van der Waals surface area contributed by atoms with Gasteiger partial charge < -0.3 is 0 Å². The zero-order chi connectivity index (χ0) is 18.0. The van der Waals surface area contributed by atoms with Crippen LogP contribution in [-0.4, -0.2) is 13.4 Å². The van der Waals surface area contributed by atoms with Crippen LogP contribution in [-0.2, 0) is 16.6 Å². The number of fused-ring (bicyclic) bond motifs is 1. The van der Waals surface area contributed by atoms with Crippen LogP contribution >= 0.6 is 11.3 Å². The molecule has 2 heterocycles. The summed E-state index contributed by atoms with van der Waals surface area (Å²) in [7, 11) is -3.62. The van der Waals surface area contributed by atoms with E-state index in [1.165, 1.54) is 0 Å². The second kappa shape index (κ2) is 6.99. The second-order valence-corrected chi connectivity index (χ2v) is 8.51. The van der Waals surface area contributed by atoms with E-state index >= 15 is 0 Å². The van der Waals surface area contributed by atoms with E-state index in [2.05, 4.69) is 9.71 Å². The number of benzene rings is 2. The number of hydrogen-bond acceptors (Lipinski definition) is 4. The molecule has 0 aliphatic carbocycles. The molecule has 4 nitrogen and oxygen atoms in total. The summed E-state index contributed by atoms with van der Waals surface area (Å²) < 4.78 is 28.3. The summed E-state index contributed by atoms with van der Waals surface area (Å²) in [5.74, 6) is 0. The molecule has 4 rings (SSSR count). The van der Waals surface area contributed by atoms with Crippen molar-refractivity contribution in [1.82, 2.24) is 9.71 Å². The Balaban J connectivity index is 1.60. The van der Waals surface area contributed by atoms with E-state index in [9.17, 15) is 8.42 Å². The molecule has 0 atom stereocenters. The van der Waals surface area contributed by atoms with E-state index in [1.54, 1.807) is 29.7 Å². The van der Waals surface area contributed by atoms with Gasteiger partial charge >= 0.3 is 0 Å². The fraction of sp³-hybridized carbons (Fsp3) is 0.0500. The van der Waals surface area contributed by atoms with Gasteiger partial charge in [0.2, 0.25) is 10.0 Å². The maximum Gasteiger partial charge on any atom is 0.241 e. The zero-order valence-corrected chi connectivity index (χ0v) is 15.4. The maximum atomic E-state index is 12.8. The van der Waals surface area contributed by atoms with Gasteiger partial charge in [0.05, 0.1) is 15.5 Å². The van der Waals surface area contributed by atoms with E-state index in [0.29, 0.717) is 4.90 Å². The van der Waals surface area contributed by atoms with Gasteiger partial charge in [0.1, 0.15) is 0 Å². The molecule has 0 saturated heterocycles. The molecule has 130 valence electrons. The first-order valence-electron chi connectivity index (χ1n) is 8.10. The fourth-order valence-electron chi connectivity index (χ4n) is 2.83. The van der Waals surface area contributed by atoms with E-state index in [1.807, 2.05) is 60.0 Å². The summed E-state index contributed by atoms with van der Waals surface area (Å²) in [5, 5.41) is 3.61. The number of hydrogen-bond donors (Lipinski definition) is 1. The van der Waals surface area contributed by atoms with Crippen molar-refractivity contribution in [3.05, 3.63) is 83.9 Å². The Labute approximate surface area is 156 Å². The number of sulfonamides is 1. The van der Waals surface area contributed by atoms with Gasteiger partial charge in [0.15, 0.2) is 0 Å². The highest BCUT2D eigenvalue weighted by molar-refractivity contribution is 7.89. The standard InChI is InChI=1S/C20H16N2O2S2/c23-26(24,20-9-3-6-16-5-1-2-7-17(16)20)22-14-15-10-11-21-18(13-15)19-8-4-12-25-19/h1-13,22H,14H2. The Morgan fingerprint density at radius 1 is 0.962 bits per heavy atom. The van der Waals surface area contributed by atoms with Crippen LogP contribution in [0, 0.1) is 0 Å². The number of thiophene rings is 1. The smallest absolute Gasteiger partial charge is 0.241 e. The van der Waals surface area contributed by atoms with Crippen molar-refractivity contribution in [2.24, 2.45) is 0 Å². The summed E-state index contributed by atoms with van der Waals surface area (Å²) in [6.07, 6.45) is 1.70. The topological polar surface area (TPSA) is 59.1 Å². The number of pyridine rings is 1. The van der Waals surface area contributed by atoms with Gasteiger partial charge in [-0.3, -0.25) is 4.98 Å². The Morgan fingerprint density at radius 2 is 1.81 bits per heavy atom. The van der Waals surface area contributed by atoms with Crippen LogP contribution in [0.15, 0.2) is 83.2 Å². The monoisotopic (exact) mass is 380 g/mol. The predicted octanol–water partition coefficient (Wildman–Crippen LogP) is 4.44. The Morgan fingerprint density at radius 3 is 2.65 bits per heavy atom. The zero-order valence-electron chi connectivity index (χ0n) is 13.8. The van der Waals surface area contributed by atoms with Gasteiger partial charge in [-0.15, -0.1) is 11.3 Å². The van der Waals surface area contributed by atoms with Crippen LogP contribution in [0.2, 0.25) is 0 Å². The lowest BCUT2D eigenvalue weighted by Gasteiger charge is -2.10. The average molecular weight is 380 g/mol. The quantitative estimate of drug-likeness (QED) is 0.557. The van der Waals surface area contributed by atoms with Crippen LogP contribution < -0.4 is 4.72 Å². The minimum atomic E-state index is -3.62. The maximum absolute atomic E-state index is 12.8. The molecule has 6 heteroatoms. The first-order valence-corrected chi connectivity index (χ1v) is 10.5. The third-order valence-corrected chi connectivity index (χ3v) is 6.46. The molecular formula is C20H16N2O2S2. The first-order chi connectivity index (χ1) is 12.6. The summed E-state index contributed by atoms with van der Waals surface area (Å²) in [5.41, 5.74) is 1.72. The van der Waals surface area contributed by atoms with Gasteiger partial charge in [-0.05, 0) is 40.6 Å². The molecule has 0 amide bonds. The third-order valence-electron chi connectivity index (χ3n) is 4.10. The molecule has 26 heavy (non-hydrogen) atoms.